The Morgan fingerprint density at radius 2 is 1.65 bits per heavy atom. The zero-order valence-electron chi connectivity index (χ0n) is 44.2. The molecule has 0 radical (unpaired) electrons. The first kappa shape index (κ1) is 60.8. The minimum absolute atomic E-state index is 0.0645. The monoisotopic (exact) mass is 1050 g/mol. The second-order valence-corrected chi connectivity index (χ2v) is 21.8. The number of anilines is 1. The van der Waals surface area contributed by atoms with Crippen LogP contribution in [0, 0.1) is 5.92 Å². The van der Waals surface area contributed by atoms with E-state index in [1.54, 1.807) is 70.9 Å². The van der Waals surface area contributed by atoms with Gasteiger partial charge in [0.1, 0.15) is 46.5 Å². The van der Waals surface area contributed by atoms with E-state index in [0.717, 1.165) is 29.7 Å². The number of nitrogens with one attached hydrogen (secondary N) is 1. The van der Waals surface area contributed by atoms with Gasteiger partial charge >= 0.3 is 12.1 Å². The first-order valence-electron chi connectivity index (χ1n) is 24.8. The van der Waals surface area contributed by atoms with Gasteiger partial charge in [0, 0.05) is 57.7 Å². The van der Waals surface area contributed by atoms with Crippen molar-refractivity contribution in [3.05, 3.63) is 46.5 Å². The number of amides is 3. The van der Waals surface area contributed by atoms with Crippen LogP contribution < -0.4 is 15.0 Å². The molecule has 1 aromatic rings. The molecule has 0 unspecified atom stereocenters. The van der Waals surface area contributed by atoms with Crippen molar-refractivity contribution >= 4 is 58.7 Å². The predicted octanol–water partition coefficient (Wildman–Crippen LogP) is 6.63. The fourth-order valence-electron chi connectivity index (χ4n) is 8.51. The number of benzene rings is 1. The number of thioether (sulfide) groups is 1. The highest BCUT2D eigenvalue weighted by molar-refractivity contribution is 8.00. The number of methoxy groups -OCH3 is 2. The minimum atomic E-state index is -1.85. The summed E-state index contributed by atoms with van der Waals surface area (Å²) >= 11 is 8.61. The van der Waals surface area contributed by atoms with Gasteiger partial charge in [0.2, 0.25) is 11.8 Å². The van der Waals surface area contributed by atoms with Crippen LogP contribution in [0.3, 0.4) is 0 Å². The maximum atomic E-state index is 14.4. The Hall–Kier alpha value is -3.79. The number of allylic oxidation sites excluding steroid dienone is 3. The second-order valence-electron chi connectivity index (χ2n) is 19.6. The van der Waals surface area contributed by atoms with Gasteiger partial charge in [-0.2, -0.15) is 11.8 Å². The van der Waals surface area contributed by atoms with E-state index in [-0.39, 0.29) is 40.7 Å². The summed E-state index contributed by atoms with van der Waals surface area (Å²) in [7, 11) is 6.07. The van der Waals surface area contributed by atoms with E-state index in [1.807, 2.05) is 13.0 Å². The van der Waals surface area contributed by atoms with Crippen molar-refractivity contribution in [2.24, 2.45) is 5.92 Å². The van der Waals surface area contributed by atoms with Gasteiger partial charge in [0.05, 0.1) is 71.6 Å². The smallest absolute Gasteiger partial charge is 0.409 e. The number of likely N-dealkylation sites (N-methyl/N-ethyl adjacent to an activating group) is 1. The SMILES string of the molecule is COc1cc2cc(c1Cl)N(C)C(=O)C[C@H](OC(=O)[C@H](C)N(C)C(=O)CCC(C)(C)SCCCCOCCOCCOCCOCCC(C)=O)[C@]1(C)O[C@H]1[C@H](C)[C@@H]1C[C@@](O)(NC(=O)O1)[C@H](OC)/C=C/C=C(\C)C2. The molecular weight excluding hydrogens is 974 g/mol. The number of hydrogen-bond donors (Lipinski definition) is 2. The Labute approximate surface area is 435 Å². The number of rotatable bonds is 26. The lowest BCUT2D eigenvalue weighted by molar-refractivity contribution is -0.162. The second kappa shape index (κ2) is 28.8. The largest absolute Gasteiger partial charge is 0.495 e. The lowest BCUT2D eigenvalue weighted by Crippen LogP contribution is -2.63. The molecule has 72 heavy (non-hydrogen) atoms. The van der Waals surface area contributed by atoms with Crippen LogP contribution in [0.15, 0.2) is 35.9 Å². The molecular formula is C52H80ClN3O15S. The Morgan fingerprint density at radius 1 is 1.01 bits per heavy atom. The maximum Gasteiger partial charge on any atom is 0.409 e. The van der Waals surface area contributed by atoms with Crippen LogP contribution in [0.4, 0.5) is 10.5 Å². The van der Waals surface area contributed by atoms with Gasteiger partial charge < -0.3 is 57.5 Å². The summed E-state index contributed by atoms with van der Waals surface area (Å²) in [5.74, 6) is -0.603. The number of aliphatic hydroxyl groups is 1. The van der Waals surface area contributed by atoms with Gasteiger partial charge in [-0.3, -0.25) is 19.7 Å². The average Bonchev–Trinajstić information content (AvgIpc) is 4.03. The normalized spacial score (nSPS) is 26.3. The molecule has 4 rings (SSSR count). The van der Waals surface area contributed by atoms with Crippen molar-refractivity contribution in [3.63, 3.8) is 0 Å². The molecule has 406 valence electrons. The third-order valence-electron chi connectivity index (χ3n) is 13.4. The predicted molar refractivity (Wildman–Crippen MR) is 275 cm³/mol. The Balaban J connectivity index is 1.34. The minimum Gasteiger partial charge on any atom is -0.495 e. The van der Waals surface area contributed by atoms with Crippen LogP contribution in [-0.2, 0) is 63.5 Å². The highest BCUT2D eigenvalue weighted by Gasteiger charge is 2.64. The lowest BCUT2D eigenvalue weighted by Gasteiger charge is -2.42. The van der Waals surface area contributed by atoms with Gasteiger partial charge in [0.25, 0.3) is 0 Å². The Kier molecular flexibility index (Phi) is 24.3. The number of unbranched alkanes of at least 4 members (excludes halogenated alkanes) is 1. The number of alkyl carbamates (subject to hydrolysis) is 1. The van der Waals surface area contributed by atoms with Crippen LogP contribution in [0.5, 0.6) is 5.75 Å². The molecule has 3 aliphatic heterocycles. The van der Waals surface area contributed by atoms with E-state index in [1.165, 1.54) is 30.9 Å². The quantitative estimate of drug-likeness (QED) is 0.0567. The van der Waals surface area contributed by atoms with E-state index in [0.29, 0.717) is 83.6 Å². The fourth-order valence-corrected chi connectivity index (χ4v) is 9.97. The molecule has 0 spiro atoms. The van der Waals surface area contributed by atoms with Crippen LogP contribution in [0.2, 0.25) is 5.02 Å². The highest BCUT2D eigenvalue weighted by Crippen LogP contribution is 2.49. The average molecular weight is 1050 g/mol. The molecule has 2 saturated heterocycles. The van der Waals surface area contributed by atoms with Gasteiger partial charge in [0.15, 0.2) is 5.72 Å². The number of carbonyl (C=O) groups excluding carboxylic acids is 5. The number of halogens is 1. The molecule has 2 fully saturated rings. The molecule has 4 bridgehead atoms. The van der Waals surface area contributed by atoms with E-state index >= 15 is 0 Å². The summed E-state index contributed by atoms with van der Waals surface area (Å²) in [6.45, 7) is 16.6. The van der Waals surface area contributed by atoms with E-state index in [4.69, 9.17) is 54.2 Å². The Morgan fingerprint density at radius 3 is 2.28 bits per heavy atom. The molecule has 2 N–H and O–H groups in total. The van der Waals surface area contributed by atoms with Crippen molar-refractivity contribution in [2.45, 2.75) is 146 Å². The molecule has 18 nitrogen and oxygen atoms in total. The number of carbonyl (C=O) groups is 5. The fraction of sp³-hybridized carbons (Fsp3) is 0.712. The first-order valence-corrected chi connectivity index (χ1v) is 26.2. The molecule has 20 heteroatoms. The summed E-state index contributed by atoms with van der Waals surface area (Å²) in [6, 6.07) is 2.58. The number of hydrogen-bond acceptors (Lipinski definition) is 16. The lowest BCUT2D eigenvalue weighted by atomic mass is 9.83. The summed E-state index contributed by atoms with van der Waals surface area (Å²) in [5.41, 5.74) is -0.990. The molecule has 0 aromatic heterocycles. The van der Waals surface area contributed by atoms with Crippen LogP contribution in [0.25, 0.3) is 0 Å². The highest BCUT2D eigenvalue weighted by atomic mass is 35.5. The molecule has 0 aliphatic carbocycles. The number of ketones is 1. The van der Waals surface area contributed by atoms with Gasteiger partial charge in [-0.25, -0.2) is 9.59 Å². The van der Waals surface area contributed by atoms with Crippen LogP contribution >= 0.6 is 23.4 Å². The number of nitrogens with zero attached hydrogens (tertiary/aromatic N) is 2. The van der Waals surface area contributed by atoms with E-state index in [9.17, 15) is 29.1 Å². The Bertz CT molecular complexity index is 2040. The summed E-state index contributed by atoms with van der Waals surface area (Å²) in [6.07, 6.45) is 3.82. The zero-order chi connectivity index (χ0) is 53.2. The molecule has 3 heterocycles. The van der Waals surface area contributed by atoms with Crippen molar-refractivity contribution in [1.29, 1.82) is 0 Å². The molecule has 3 amide bonds. The van der Waals surface area contributed by atoms with Crippen molar-refractivity contribution < 1.29 is 71.7 Å². The number of Topliss-reactive ketones (excluding diaryl/α,β-unsaturated/α-hetero) is 1. The summed E-state index contributed by atoms with van der Waals surface area (Å²) in [5, 5.41) is 14.6. The van der Waals surface area contributed by atoms with Gasteiger partial charge in [-0.1, -0.05) is 56.2 Å². The number of fused-ring (bicyclic) bond motifs is 5. The van der Waals surface area contributed by atoms with Crippen LogP contribution in [0.1, 0.15) is 99.0 Å². The molecule has 8 atom stereocenters. The topological polar surface area (TPSA) is 210 Å². The van der Waals surface area contributed by atoms with Crippen LogP contribution in [-0.4, -0.2) is 173 Å². The van der Waals surface area contributed by atoms with E-state index < -0.39 is 65.7 Å². The third kappa shape index (κ3) is 18.2. The third-order valence-corrected chi connectivity index (χ3v) is 15.2. The maximum absolute atomic E-state index is 14.4. The van der Waals surface area contributed by atoms with Crippen molar-refractivity contribution in [1.82, 2.24) is 10.2 Å². The molecule has 0 saturated carbocycles. The number of esters is 1. The zero-order valence-corrected chi connectivity index (χ0v) is 45.8. The molecule has 1 aromatic carbocycles. The van der Waals surface area contributed by atoms with Gasteiger partial charge in [-0.15, -0.1) is 0 Å². The van der Waals surface area contributed by atoms with E-state index in [2.05, 4.69) is 19.2 Å². The standard InChI is InChI=1S/C52H80ClN3O15S/c1-34-15-14-16-42(64-11)52(62)33-41(69-49(61)54-52)36(3)47-51(7,71-47)43(32-45(59)56(9)39-30-38(29-34)31-40(63-10)46(39)53)70-48(60)37(4)55(8)44(58)17-19-50(5,6)72-28-13-12-20-65-22-24-67-26-27-68-25-23-66-21-18-35(2)57/h14-16,30-31,36-37,41-43,47,62H,12-13,17-29,32-33H2,1-11H3,(H,54,61)/b16-14+,34-15+/t36-,37+,41+,42-,43+,47+,51+,52+/m1/s1. The van der Waals surface area contributed by atoms with Crippen molar-refractivity contribution in [2.75, 3.05) is 91.8 Å². The van der Waals surface area contributed by atoms with Gasteiger partial charge in [-0.05, 0) is 76.8 Å². The molecule has 3 aliphatic rings. The number of epoxide rings is 1. The summed E-state index contributed by atoms with van der Waals surface area (Å²) < 4.78 is 51.4. The summed E-state index contributed by atoms with van der Waals surface area (Å²) in [4.78, 5) is 68.8. The first-order chi connectivity index (χ1) is 34.0. The number of ether oxygens (including phenoxy) is 9. The van der Waals surface area contributed by atoms with Crippen molar-refractivity contribution in [3.8, 4) is 5.75 Å².